The van der Waals surface area contributed by atoms with Crippen LogP contribution in [0.4, 0.5) is 0 Å². The zero-order chi connectivity index (χ0) is 10.2. The van der Waals surface area contributed by atoms with E-state index in [-0.39, 0.29) is 11.2 Å². The quantitative estimate of drug-likeness (QED) is 0.724. The highest BCUT2D eigenvalue weighted by Gasteiger charge is 2.27. The van der Waals surface area contributed by atoms with E-state index in [0.29, 0.717) is 6.42 Å². The van der Waals surface area contributed by atoms with Gasteiger partial charge in [0.15, 0.2) is 5.78 Å². The van der Waals surface area contributed by atoms with Crippen LogP contribution >= 0.6 is 0 Å². The Bertz CT molecular complexity index is 371. The summed E-state index contributed by atoms with van der Waals surface area (Å²) in [5.74, 6) is 0.242. The summed E-state index contributed by atoms with van der Waals surface area (Å²) in [5.41, 5.74) is 2.31. The molecule has 2 heteroatoms. The van der Waals surface area contributed by atoms with Crippen LogP contribution in [0.5, 0.6) is 0 Å². The first-order valence-electron chi connectivity index (χ1n) is 4.94. The topological polar surface area (TPSA) is 32.9 Å². The Labute approximate surface area is 84.0 Å². The SMILES string of the molecule is CC1(C)CC(=O)C=C(c2ccc[nH]2)C1. The average Bonchev–Trinajstić information content (AvgIpc) is 2.51. The first-order chi connectivity index (χ1) is 6.57. The maximum Gasteiger partial charge on any atom is 0.156 e. The first-order valence-corrected chi connectivity index (χ1v) is 4.94. The first kappa shape index (κ1) is 9.25. The number of ketones is 1. The van der Waals surface area contributed by atoms with Crippen LogP contribution in [0.1, 0.15) is 32.4 Å². The number of hydrogen-bond donors (Lipinski definition) is 1. The molecule has 1 aliphatic rings. The lowest BCUT2D eigenvalue weighted by molar-refractivity contribution is -0.116. The van der Waals surface area contributed by atoms with Crippen molar-refractivity contribution in [1.82, 2.24) is 4.98 Å². The Hall–Kier alpha value is -1.31. The zero-order valence-electron chi connectivity index (χ0n) is 8.63. The van der Waals surface area contributed by atoms with E-state index in [1.54, 1.807) is 6.08 Å². The van der Waals surface area contributed by atoms with Crippen LogP contribution in [0.15, 0.2) is 24.4 Å². The second-order valence-electron chi connectivity index (χ2n) is 4.74. The van der Waals surface area contributed by atoms with Gasteiger partial charge in [-0.3, -0.25) is 4.79 Å². The standard InChI is InChI=1S/C12H15NO/c1-12(2)7-9(6-10(14)8-12)11-4-3-5-13-11/h3-6,13H,7-8H2,1-2H3. The minimum absolute atomic E-state index is 0.103. The third-order valence-corrected chi connectivity index (χ3v) is 2.60. The minimum atomic E-state index is 0.103. The number of carbonyl (C=O) groups is 1. The van der Waals surface area contributed by atoms with E-state index < -0.39 is 0 Å². The molecule has 0 atom stereocenters. The fourth-order valence-electron chi connectivity index (χ4n) is 2.05. The molecule has 14 heavy (non-hydrogen) atoms. The summed E-state index contributed by atoms with van der Waals surface area (Å²) < 4.78 is 0. The third-order valence-electron chi connectivity index (χ3n) is 2.60. The van der Waals surface area contributed by atoms with Gasteiger partial charge >= 0.3 is 0 Å². The summed E-state index contributed by atoms with van der Waals surface area (Å²) in [6, 6.07) is 3.97. The fourth-order valence-corrected chi connectivity index (χ4v) is 2.05. The molecular formula is C12H15NO. The van der Waals surface area contributed by atoms with Gasteiger partial charge in [-0.25, -0.2) is 0 Å². The molecule has 0 radical (unpaired) electrons. The molecule has 0 fully saturated rings. The van der Waals surface area contributed by atoms with Gasteiger partial charge in [0, 0.05) is 18.3 Å². The number of hydrogen-bond acceptors (Lipinski definition) is 1. The van der Waals surface area contributed by atoms with E-state index in [9.17, 15) is 4.79 Å². The zero-order valence-corrected chi connectivity index (χ0v) is 8.63. The van der Waals surface area contributed by atoms with Crippen LogP contribution in [0.2, 0.25) is 0 Å². The van der Waals surface area contributed by atoms with Crippen LogP contribution in [0.25, 0.3) is 5.57 Å². The van der Waals surface area contributed by atoms with Crippen LogP contribution in [0.3, 0.4) is 0 Å². The molecule has 0 bridgehead atoms. The molecule has 0 amide bonds. The second kappa shape index (κ2) is 3.12. The van der Waals surface area contributed by atoms with Gasteiger partial charge in [-0.05, 0) is 35.6 Å². The van der Waals surface area contributed by atoms with E-state index >= 15 is 0 Å². The largest absolute Gasteiger partial charge is 0.361 e. The number of allylic oxidation sites excluding steroid dienone is 2. The molecule has 0 aromatic carbocycles. The molecule has 0 saturated carbocycles. The number of aromatic amines is 1. The van der Waals surface area contributed by atoms with Crippen molar-refractivity contribution in [3.8, 4) is 0 Å². The van der Waals surface area contributed by atoms with Gasteiger partial charge in [0.05, 0.1) is 0 Å². The van der Waals surface area contributed by atoms with Crippen molar-refractivity contribution >= 4 is 11.4 Å². The van der Waals surface area contributed by atoms with Gasteiger partial charge in [0.2, 0.25) is 0 Å². The number of aromatic nitrogens is 1. The monoisotopic (exact) mass is 189 g/mol. The summed E-state index contributed by atoms with van der Waals surface area (Å²) in [6.07, 6.45) is 5.30. The highest BCUT2D eigenvalue weighted by molar-refractivity contribution is 5.98. The lowest BCUT2D eigenvalue weighted by atomic mass is 9.76. The van der Waals surface area contributed by atoms with Gasteiger partial charge in [0.1, 0.15) is 0 Å². The highest BCUT2D eigenvalue weighted by Crippen LogP contribution is 2.37. The predicted octanol–water partition coefficient (Wildman–Crippen LogP) is 2.79. The van der Waals surface area contributed by atoms with E-state index in [1.807, 2.05) is 18.3 Å². The van der Waals surface area contributed by atoms with Crippen LogP contribution in [-0.2, 0) is 4.79 Å². The Morgan fingerprint density at radius 1 is 1.36 bits per heavy atom. The van der Waals surface area contributed by atoms with Crippen molar-refractivity contribution in [1.29, 1.82) is 0 Å². The maximum absolute atomic E-state index is 11.5. The summed E-state index contributed by atoms with van der Waals surface area (Å²) in [5, 5.41) is 0. The van der Waals surface area contributed by atoms with Crippen molar-refractivity contribution in [2.75, 3.05) is 0 Å². The lowest BCUT2D eigenvalue weighted by Gasteiger charge is -2.28. The molecule has 2 nitrogen and oxygen atoms in total. The van der Waals surface area contributed by atoms with E-state index in [4.69, 9.17) is 0 Å². The Balaban J connectivity index is 2.33. The van der Waals surface area contributed by atoms with Crippen molar-refractivity contribution in [3.63, 3.8) is 0 Å². The number of carbonyl (C=O) groups excluding carboxylic acids is 1. The van der Waals surface area contributed by atoms with Crippen LogP contribution in [-0.4, -0.2) is 10.8 Å². The minimum Gasteiger partial charge on any atom is -0.361 e. The van der Waals surface area contributed by atoms with Crippen molar-refractivity contribution in [2.45, 2.75) is 26.7 Å². The van der Waals surface area contributed by atoms with Crippen LogP contribution in [0, 0.1) is 5.41 Å². The van der Waals surface area contributed by atoms with E-state index in [0.717, 1.165) is 17.7 Å². The van der Waals surface area contributed by atoms with Crippen molar-refractivity contribution < 1.29 is 4.79 Å². The smallest absolute Gasteiger partial charge is 0.156 e. The predicted molar refractivity (Wildman–Crippen MR) is 56.8 cm³/mol. The molecule has 0 spiro atoms. The molecule has 0 aliphatic heterocycles. The van der Waals surface area contributed by atoms with Gasteiger partial charge in [-0.2, -0.15) is 0 Å². The Kier molecular flexibility index (Phi) is 2.06. The summed E-state index contributed by atoms with van der Waals surface area (Å²) in [7, 11) is 0. The van der Waals surface area contributed by atoms with Crippen LogP contribution < -0.4 is 0 Å². The molecule has 2 rings (SSSR count). The molecule has 1 aliphatic carbocycles. The van der Waals surface area contributed by atoms with Crippen molar-refractivity contribution in [3.05, 3.63) is 30.1 Å². The molecule has 1 heterocycles. The maximum atomic E-state index is 11.5. The number of nitrogens with one attached hydrogen (secondary N) is 1. The van der Waals surface area contributed by atoms with E-state index in [2.05, 4.69) is 18.8 Å². The second-order valence-corrected chi connectivity index (χ2v) is 4.74. The molecular weight excluding hydrogens is 174 g/mol. The fraction of sp³-hybridized carbons (Fsp3) is 0.417. The number of H-pyrrole nitrogens is 1. The molecule has 1 aromatic heterocycles. The van der Waals surface area contributed by atoms with E-state index in [1.165, 1.54) is 0 Å². The average molecular weight is 189 g/mol. The summed E-state index contributed by atoms with van der Waals surface area (Å²) in [4.78, 5) is 14.6. The molecule has 1 aromatic rings. The third kappa shape index (κ3) is 1.79. The lowest BCUT2D eigenvalue weighted by Crippen LogP contribution is -2.21. The van der Waals surface area contributed by atoms with Crippen molar-refractivity contribution in [2.24, 2.45) is 5.41 Å². The Morgan fingerprint density at radius 2 is 2.14 bits per heavy atom. The molecule has 0 unspecified atom stereocenters. The van der Waals surface area contributed by atoms with Gasteiger partial charge in [0.25, 0.3) is 0 Å². The molecule has 1 N–H and O–H groups in total. The molecule has 74 valence electrons. The number of rotatable bonds is 1. The molecule has 0 saturated heterocycles. The Morgan fingerprint density at radius 3 is 2.71 bits per heavy atom. The van der Waals surface area contributed by atoms with Gasteiger partial charge in [-0.15, -0.1) is 0 Å². The summed E-state index contributed by atoms with van der Waals surface area (Å²) in [6.45, 7) is 4.28. The summed E-state index contributed by atoms with van der Waals surface area (Å²) >= 11 is 0. The highest BCUT2D eigenvalue weighted by atomic mass is 16.1. The normalized spacial score (nSPS) is 20.7. The van der Waals surface area contributed by atoms with Gasteiger partial charge in [-0.1, -0.05) is 13.8 Å². The van der Waals surface area contributed by atoms with Gasteiger partial charge < -0.3 is 4.98 Å².